The first-order valence-corrected chi connectivity index (χ1v) is 7.06. The van der Waals surface area contributed by atoms with Gasteiger partial charge in [-0.15, -0.1) is 0 Å². The number of hydrogen-bond acceptors (Lipinski definition) is 7. The molecule has 0 unspecified atom stereocenters. The Balaban J connectivity index is -0.000000109. The Kier molecular flexibility index (Phi) is 16.2. The van der Waals surface area contributed by atoms with Gasteiger partial charge in [0.1, 0.15) is 0 Å². The maximum Gasteiger partial charge on any atom is 0.486 e. The third-order valence-corrected chi connectivity index (χ3v) is 3.25. The Bertz CT molecular complexity index is 774. The van der Waals surface area contributed by atoms with Crippen molar-refractivity contribution < 1.29 is 89.3 Å². The third-order valence-electron chi connectivity index (χ3n) is 3.25. The van der Waals surface area contributed by atoms with E-state index in [0.29, 0.717) is 31.0 Å². The van der Waals surface area contributed by atoms with Crippen molar-refractivity contribution >= 4 is 11.9 Å². The maximum absolute atomic E-state index is 10.8. The van der Waals surface area contributed by atoms with E-state index in [1.54, 1.807) is 24.3 Å². The molecule has 14 nitrogen and oxygen atoms in total. The van der Waals surface area contributed by atoms with Gasteiger partial charge in [-0.2, -0.15) is 0 Å². The normalized spacial score (nSPS) is 11.2. The van der Waals surface area contributed by atoms with Crippen molar-refractivity contribution in [3.8, 4) is 0 Å². The van der Waals surface area contributed by atoms with Crippen LogP contribution < -0.4 is 10.2 Å². The Morgan fingerprint density at radius 1 is 0.968 bits per heavy atom. The van der Waals surface area contributed by atoms with Crippen LogP contribution in [0, 0.1) is 31.1 Å². The van der Waals surface area contributed by atoms with Gasteiger partial charge >= 0.3 is 2.86 Å². The van der Waals surface area contributed by atoms with E-state index < -0.39 is 11.9 Å². The first-order valence-electron chi connectivity index (χ1n) is 11.2. The molecule has 2 rings (SSSR count). The van der Waals surface area contributed by atoms with Crippen LogP contribution in [0.4, 0.5) is 0 Å². The number of carbonyl (C=O) groups is 2. The van der Waals surface area contributed by atoms with Gasteiger partial charge in [-0.25, -0.2) is 0 Å². The van der Waals surface area contributed by atoms with Crippen LogP contribution >= 0.6 is 0 Å². The summed E-state index contributed by atoms with van der Waals surface area (Å²) in [5.41, 5.74) is 13.9. The fourth-order valence-corrected chi connectivity index (χ4v) is 2.10. The molecule has 0 aliphatic rings. The first-order chi connectivity index (χ1) is 18.1. The van der Waals surface area contributed by atoms with Gasteiger partial charge in [-0.05, 0) is 30.8 Å². The van der Waals surface area contributed by atoms with Crippen LogP contribution in [0.15, 0.2) is 36.4 Å². The van der Waals surface area contributed by atoms with Crippen LogP contribution in [0.1, 0.15) is 39.3 Å². The standard InChI is InChI=1S/C16H17N3O4.5H2O.2O.U/c1-2-19(9-11-5-3-7-13(17-11)15(20)21)10-12-6-4-8-14(18-12)16(22)23;;;;;;;;/h3-8H,2,9-10H2,1H3,(H,20,21)(H,22,23);5*1H2;;;/q;;;;;;2*-2;/p-1/i/hD10. The molecule has 0 amide bonds. The number of aromatic nitrogens is 2. The van der Waals surface area contributed by atoms with E-state index in [2.05, 4.69) is 31.9 Å². The van der Waals surface area contributed by atoms with Crippen molar-refractivity contribution in [2.45, 2.75) is 20.0 Å². The summed E-state index contributed by atoms with van der Waals surface area (Å²) in [5, 5.41) is 21.7. The van der Waals surface area contributed by atoms with Crippen LogP contribution in [-0.2, 0) is 29.5 Å². The Morgan fingerprint density at radius 3 is 1.55 bits per heavy atom. The molecule has 31 heavy (non-hydrogen) atoms. The van der Waals surface area contributed by atoms with E-state index in [1.807, 2.05) is 17.3 Å². The molecule has 2 aromatic rings. The van der Waals surface area contributed by atoms with E-state index in [4.69, 9.17) is 14.3 Å². The molecule has 0 aromatic carbocycles. The molecule has 0 atom stereocenters. The van der Waals surface area contributed by atoms with Gasteiger partial charge in [0.15, 0.2) is 0 Å². The van der Waals surface area contributed by atoms with Gasteiger partial charge in [0.25, 0.3) is 0 Å². The number of aromatic carboxylic acids is 2. The van der Waals surface area contributed by atoms with Crippen LogP contribution in [0.2, 0.25) is 0 Å². The number of carboxylic acid groups (broad SMARTS) is 2. The predicted octanol–water partition coefficient (Wildman–Crippen LogP) is -5.23. The summed E-state index contributed by atoms with van der Waals surface area (Å²) < 4.78 is 54.0. The molecule has 0 spiro atoms. The zero-order valence-corrected chi connectivity index (χ0v) is 20.1. The fraction of sp³-hybridized carbons (Fsp3) is 0.250. The molecular formula is C16H26N3O11U-5. The molecular weight excluding hydrogens is 648 g/mol. The van der Waals surface area contributed by atoms with Gasteiger partial charge in [-0.3, -0.25) is 14.9 Å². The molecule has 11 N–H and O–H groups in total. The van der Waals surface area contributed by atoms with E-state index in [1.165, 1.54) is 12.1 Å². The molecule has 0 fully saturated rings. The minimum atomic E-state index is -1.32. The Labute approximate surface area is 216 Å². The molecule has 0 saturated carbocycles. The summed E-state index contributed by atoms with van der Waals surface area (Å²) in [7, 11) is 0. The summed E-state index contributed by atoms with van der Waals surface area (Å²) in [6.07, 6.45) is 0. The first kappa shape index (κ1) is 22.2. The van der Waals surface area contributed by atoms with Crippen molar-refractivity contribution in [2.24, 2.45) is 0 Å². The second kappa shape index (κ2) is 22.7. The van der Waals surface area contributed by atoms with Crippen molar-refractivity contribution in [1.29, 1.82) is 14.3 Å². The Hall–Kier alpha value is -2.03. The van der Waals surface area contributed by atoms with Gasteiger partial charge in [0, 0.05) is 44.2 Å². The summed E-state index contributed by atoms with van der Waals surface area (Å²) in [4.78, 5) is 31.7. The summed E-state index contributed by atoms with van der Waals surface area (Å²) in [5.74, 6) is -2.64. The second-order valence-corrected chi connectivity index (χ2v) is 4.91. The topological polar surface area (TPSA) is 325 Å². The quantitative estimate of drug-likeness (QED) is 0.255. The average molecular weight is 684 g/mol. The SMILES string of the molecule is CCN(Cc1cccc(C(=O)[O-])n1)Cc1cccc(C(=O)[O-])n1.[2H]O[2H].[2H]O[2H].[2H]O[2H].[2H]O[2H].[2H][OH+][2H].[O-2].[O-2].[U]. The molecule has 180 valence electrons. The molecule has 0 aliphatic heterocycles. The van der Waals surface area contributed by atoms with Crippen molar-refractivity contribution in [1.82, 2.24) is 14.9 Å². The fourth-order valence-electron chi connectivity index (χ4n) is 2.10. The molecule has 2 heterocycles. The van der Waals surface area contributed by atoms with Crippen LogP contribution in [0.5, 0.6) is 0 Å². The largest absolute Gasteiger partial charge is 2.00 e. The van der Waals surface area contributed by atoms with Crippen LogP contribution in [-0.4, -0.2) is 69.6 Å². The van der Waals surface area contributed by atoms with E-state index in [0.717, 1.165) is 0 Å². The smallest absolute Gasteiger partial charge is 0.486 e. The van der Waals surface area contributed by atoms with Gasteiger partial charge < -0.3 is 58.2 Å². The molecule has 0 saturated heterocycles. The number of pyridine rings is 2. The van der Waals surface area contributed by atoms with E-state index in [-0.39, 0.29) is 53.5 Å². The predicted molar refractivity (Wildman–Crippen MR) is 97.6 cm³/mol. The van der Waals surface area contributed by atoms with Crippen LogP contribution in [0.25, 0.3) is 0 Å². The summed E-state index contributed by atoms with van der Waals surface area (Å²) in [6.45, 7) is 3.42. The van der Waals surface area contributed by atoms with Crippen molar-refractivity contribution in [2.75, 3.05) is 6.54 Å². The molecule has 0 bridgehead atoms. The number of carboxylic acids is 2. The summed E-state index contributed by atoms with van der Waals surface area (Å²) in [6, 6.07) is 9.41. The average Bonchev–Trinajstić information content (AvgIpc) is 2.86. The molecule has 2 aromatic heterocycles. The van der Waals surface area contributed by atoms with Crippen LogP contribution in [0.3, 0.4) is 0 Å². The number of hydrogen-bond donors (Lipinski definition) is 0. The van der Waals surface area contributed by atoms with Gasteiger partial charge in [0.2, 0.25) is 11.4 Å². The van der Waals surface area contributed by atoms with Gasteiger partial charge in [0.05, 0.1) is 34.7 Å². The number of rotatable bonds is 7. The minimum Gasteiger partial charge on any atom is -2.00 e. The molecule has 0 radical (unpaired) electrons. The number of nitrogens with zero attached hydrogens (tertiary/aromatic N) is 3. The monoisotopic (exact) mass is 684 g/mol. The molecule has 0 aliphatic carbocycles. The van der Waals surface area contributed by atoms with Gasteiger partial charge in [-0.1, -0.05) is 19.1 Å². The van der Waals surface area contributed by atoms with Crippen molar-refractivity contribution in [3.63, 3.8) is 0 Å². The van der Waals surface area contributed by atoms with Crippen molar-refractivity contribution in [3.05, 3.63) is 59.2 Å². The Morgan fingerprint density at radius 2 is 1.29 bits per heavy atom. The third kappa shape index (κ3) is 14.6. The van der Waals surface area contributed by atoms with E-state index in [9.17, 15) is 19.8 Å². The maximum atomic E-state index is 10.8. The zero-order valence-electron chi connectivity index (χ0n) is 26.0. The second-order valence-electron chi connectivity index (χ2n) is 4.91. The molecule has 15 heteroatoms. The van der Waals surface area contributed by atoms with E-state index >= 15 is 0 Å². The number of carbonyl (C=O) groups excluding carboxylic acids is 2. The summed E-state index contributed by atoms with van der Waals surface area (Å²) >= 11 is 0. The zero-order chi connectivity index (χ0) is 30.4. The minimum absolute atomic E-state index is 0.